The Hall–Kier alpha value is -0.750. The van der Waals surface area contributed by atoms with Gasteiger partial charge in [-0.15, -0.1) is 11.3 Å². The molecule has 6 heteroatoms. The van der Waals surface area contributed by atoms with Crippen LogP contribution in [0, 0.1) is 0 Å². The number of carbonyl (C=O) groups excluding carboxylic acids is 1. The van der Waals surface area contributed by atoms with E-state index in [9.17, 15) is 4.79 Å². The highest BCUT2D eigenvalue weighted by Gasteiger charge is 2.20. The first-order valence-electron chi connectivity index (χ1n) is 4.35. The second-order valence-corrected chi connectivity index (χ2v) is 5.09. The molecule has 1 aromatic heterocycles. The van der Waals surface area contributed by atoms with Gasteiger partial charge in [0.2, 0.25) is 0 Å². The quantitative estimate of drug-likeness (QED) is 0.778. The first-order chi connectivity index (χ1) is 6.77. The summed E-state index contributed by atoms with van der Waals surface area (Å²) in [6.07, 6.45) is 0. The number of carbonyl (C=O) groups is 1. The number of amides is 1. The SMILES string of the molecule is Nc1nc(C(=O)N2CCSCC2)cs1. The van der Waals surface area contributed by atoms with Gasteiger partial charge < -0.3 is 10.6 Å². The molecule has 1 aliphatic heterocycles. The van der Waals surface area contributed by atoms with Crippen LogP contribution in [-0.2, 0) is 0 Å². The van der Waals surface area contributed by atoms with Crippen molar-refractivity contribution in [3.63, 3.8) is 0 Å². The van der Waals surface area contributed by atoms with Crippen molar-refractivity contribution in [3.05, 3.63) is 11.1 Å². The summed E-state index contributed by atoms with van der Waals surface area (Å²) in [5.41, 5.74) is 5.96. The fourth-order valence-electron chi connectivity index (χ4n) is 1.31. The number of thiazole rings is 1. The Morgan fingerprint density at radius 1 is 1.50 bits per heavy atom. The van der Waals surface area contributed by atoms with Gasteiger partial charge in [-0.2, -0.15) is 11.8 Å². The Balaban J connectivity index is 2.07. The average Bonchev–Trinajstić information content (AvgIpc) is 2.65. The molecule has 14 heavy (non-hydrogen) atoms. The first kappa shape index (κ1) is 9.79. The van der Waals surface area contributed by atoms with Gasteiger partial charge >= 0.3 is 0 Å². The molecule has 0 unspecified atom stereocenters. The molecule has 1 amide bonds. The minimum Gasteiger partial charge on any atom is -0.375 e. The Labute approximate surface area is 90.5 Å². The summed E-state index contributed by atoms with van der Waals surface area (Å²) in [4.78, 5) is 17.6. The minimum atomic E-state index is 0.0123. The molecule has 0 aliphatic carbocycles. The van der Waals surface area contributed by atoms with Crippen molar-refractivity contribution in [1.29, 1.82) is 0 Å². The van der Waals surface area contributed by atoms with Gasteiger partial charge in [0.1, 0.15) is 5.69 Å². The van der Waals surface area contributed by atoms with Crippen molar-refractivity contribution in [3.8, 4) is 0 Å². The van der Waals surface area contributed by atoms with Crippen LogP contribution in [0.15, 0.2) is 5.38 Å². The molecule has 1 aromatic rings. The lowest BCUT2D eigenvalue weighted by Crippen LogP contribution is -2.38. The van der Waals surface area contributed by atoms with E-state index >= 15 is 0 Å². The van der Waals surface area contributed by atoms with Gasteiger partial charge in [0.25, 0.3) is 5.91 Å². The number of thioether (sulfide) groups is 1. The third-order valence-electron chi connectivity index (χ3n) is 2.04. The molecule has 0 spiro atoms. The smallest absolute Gasteiger partial charge is 0.273 e. The molecule has 76 valence electrons. The molecular weight excluding hydrogens is 218 g/mol. The first-order valence-corrected chi connectivity index (χ1v) is 6.39. The third kappa shape index (κ3) is 2.01. The Morgan fingerprint density at radius 3 is 2.79 bits per heavy atom. The van der Waals surface area contributed by atoms with Crippen LogP contribution < -0.4 is 5.73 Å². The fraction of sp³-hybridized carbons (Fsp3) is 0.500. The van der Waals surface area contributed by atoms with Crippen LogP contribution in [0.25, 0.3) is 0 Å². The van der Waals surface area contributed by atoms with E-state index in [2.05, 4.69) is 4.98 Å². The molecule has 0 radical (unpaired) electrons. The van der Waals surface area contributed by atoms with Crippen molar-refractivity contribution in [2.75, 3.05) is 30.3 Å². The minimum absolute atomic E-state index is 0.0123. The molecule has 0 bridgehead atoms. The van der Waals surface area contributed by atoms with E-state index in [4.69, 9.17) is 5.73 Å². The maximum Gasteiger partial charge on any atom is 0.273 e. The van der Waals surface area contributed by atoms with Gasteiger partial charge in [-0.25, -0.2) is 4.98 Å². The summed E-state index contributed by atoms with van der Waals surface area (Å²) >= 11 is 3.19. The topological polar surface area (TPSA) is 59.2 Å². The van der Waals surface area contributed by atoms with Crippen molar-refractivity contribution in [2.24, 2.45) is 0 Å². The largest absolute Gasteiger partial charge is 0.375 e. The van der Waals surface area contributed by atoms with E-state index in [0.717, 1.165) is 24.6 Å². The highest BCUT2D eigenvalue weighted by molar-refractivity contribution is 7.99. The van der Waals surface area contributed by atoms with E-state index in [1.54, 1.807) is 5.38 Å². The van der Waals surface area contributed by atoms with E-state index in [1.165, 1.54) is 11.3 Å². The zero-order valence-electron chi connectivity index (χ0n) is 7.60. The van der Waals surface area contributed by atoms with E-state index < -0.39 is 0 Å². The van der Waals surface area contributed by atoms with Gasteiger partial charge in [-0.3, -0.25) is 4.79 Å². The summed E-state index contributed by atoms with van der Waals surface area (Å²) in [5, 5.41) is 2.18. The summed E-state index contributed by atoms with van der Waals surface area (Å²) < 4.78 is 0. The molecule has 1 saturated heterocycles. The number of nitrogen functional groups attached to an aromatic ring is 1. The summed E-state index contributed by atoms with van der Waals surface area (Å²) in [6, 6.07) is 0. The second-order valence-electron chi connectivity index (χ2n) is 2.98. The van der Waals surface area contributed by atoms with Crippen molar-refractivity contribution >= 4 is 34.1 Å². The average molecular weight is 229 g/mol. The number of hydrogen-bond acceptors (Lipinski definition) is 5. The fourth-order valence-corrected chi connectivity index (χ4v) is 2.75. The van der Waals surface area contributed by atoms with Crippen LogP contribution in [0.3, 0.4) is 0 Å². The molecular formula is C8H11N3OS2. The van der Waals surface area contributed by atoms with Crippen molar-refractivity contribution in [1.82, 2.24) is 9.88 Å². The number of anilines is 1. The predicted octanol–water partition coefficient (Wildman–Crippen LogP) is 0.914. The van der Waals surface area contributed by atoms with Gasteiger partial charge in [-0.05, 0) is 0 Å². The van der Waals surface area contributed by atoms with Crippen LogP contribution in [-0.4, -0.2) is 40.4 Å². The molecule has 0 saturated carbocycles. The molecule has 2 rings (SSSR count). The zero-order valence-corrected chi connectivity index (χ0v) is 9.24. The number of nitrogens with zero attached hydrogens (tertiary/aromatic N) is 2. The molecule has 0 aromatic carbocycles. The van der Waals surface area contributed by atoms with Crippen LogP contribution in [0.2, 0.25) is 0 Å². The van der Waals surface area contributed by atoms with Gasteiger partial charge in [0.05, 0.1) is 0 Å². The third-order valence-corrected chi connectivity index (χ3v) is 3.66. The lowest BCUT2D eigenvalue weighted by atomic mass is 10.4. The molecule has 2 heterocycles. The molecule has 0 atom stereocenters. The number of hydrogen-bond donors (Lipinski definition) is 1. The Bertz CT molecular complexity index is 333. The Kier molecular flexibility index (Phi) is 2.93. The summed E-state index contributed by atoms with van der Waals surface area (Å²) in [7, 11) is 0. The Morgan fingerprint density at radius 2 is 2.21 bits per heavy atom. The van der Waals surface area contributed by atoms with Gasteiger partial charge in [-0.1, -0.05) is 0 Å². The number of aromatic nitrogens is 1. The van der Waals surface area contributed by atoms with Gasteiger partial charge in [0.15, 0.2) is 5.13 Å². The standard InChI is InChI=1S/C8H11N3OS2/c9-8-10-6(5-14-8)7(12)11-1-3-13-4-2-11/h5H,1-4H2,(H2,9,10). The summed E-state index contributed by atoms with van der Waals surface area (Å²) in [6.45, 7) is 1.64. The highest BCUT2D eigenvalue weighted by Crippen LogP contribution is 2.16. The van der Waals surface area contributed by atoms with Crippen LogP contribution in [0.4, 0.5) is 5.13 Å². The second kappa shape index (κ2) is 4.18. The van der Waals surface area contributed by atoms with Crippen LogP contribution in [0.5, 0.6) is 0 Å². The maximum atomic E-state index is 11.8. The predicted molar refractivity (Wildman–Crippen MR) is 59.8 cm³/mol. The lowest BCUT2D eigenvalue weighted by molar-refractivity contribution is 0.0767. The molecule has 1 fully saturated rings. The van der Waals surface area contributed by atoms with E-state index in [0.29, 0.717) is 10.8 Å². The van der Waals surface area contributed by atoms with E-state index in [-0.39, 0.29) is 5.91 Å². The number of nitrogens with two attached hydrogens (primary N) is 1. The van der Waals surface area contributed by atoms with E-state index in [1.807, 2.05) is 16.7 Å². The summed E-state index contributed by atoms with van der Waals surface area (Å²) in [5.74, 6) is 2.05. The molecule has 1 aliphatic rings. The van der Waals surface area contributed by atoms with Gasteiger partial charge in [0, 0.05) is 30.0 Å². The molecule has 4 nitrogen and oxygen atoms in total. The maximum absolute atomic E-state index is 11.8. The van der Waals surface area contributed by atoms with Crippen molar-refractivity contribution in [2.45, 2.75) is 0 Å². The monoisotopic (exact) mass is 229 g/mol. The number of rotatable bonds is 1. The van der Waals surface area contributed by atoms with Crippen LogP contribution >= 0.6 is 23.1 Å². The van der Waals surface area contributed by atoms with Crippen molar-refractivity contribution < 1.29 is 4.79 Å². The molecule has 2 N–H and O–H groups in total. The normalized spacial score (nSPS) is 17.0. The van der Waals surface area contributed by atoms with Crippen LogP contribution in [0.1, 0.15) is 10.5 Å². The lowest BCUT2D eigenvalue weighted by Gasteiger charge is -2.25. The highest BCUT2D eigenvalue weighted by atomic mass is 32.2. The zero-order chi connectivity index (χ0) is 9.97.